The van der Waals surface area contributed by atoms with Gasteiger partial charge in [0.2, 0.25) is 11.0 Å². The van der Waals surface area contributed by atoms with Crippen LogP contribution in [-0.4, -0.2) is 23.3 Å². The maximum atomic E-state index is 10.5. The molecule has 0 atom stereocenters. The van der Waals surface area contributed by atoms with Crippen LogP contribution in [0.3, 0.4) is 0 Å². The maximum Gasteiger partial charge on any atom is 0.221 e. The molecular weight excluding hydrogens is 575 g/mol. The first-order chi connectivity index (χ1) is 17.2. The van der Waals surface area contributed by atoms with Gasteiger partial charge in [-0.2, -0.15) is 9.13 Å². The second kappa shape index (κ2) is 12.2. The van der Waals surface area contributed by atoms with Crippen LogP contribution in [0.5, 0.6) is 11.5 Å². The van der Waals surface area contributed by atoms with E-state index in [4.69, 9.17) is 0 Å². The average molecular weight is 616 g/mol. The van der Waals surface area contributed by atoms with Gasteiger partial charge in [0.15, 0.2) is 11.4 Å². The van der Waals surface area contributed by atoms with Gasteiger partial charge in [0.1, 0.15) is 36.4 Å². The van der Waals surface area contributed by atoms with E-state index in [1.54, 1.807) is 12.1 Å². The van der Waals surface area contributed by atoms with Crippen molar-refractivity contribution >= 4 is 33.2 Å². The minimum atomic E-state index is 0. The van der Waals surface area contributed by atoms with Gasteiger partial charge in [0.05, 0.1) is 11.4 Å². The number of unbranched alkanes of at least 4 members (excludes halogenated alkanes) is 3. The third-order valence-electron chi connectivity index (χ3n) is 7.42. The number of halogens is 1. The highest BCUT2D eigenvalue weighted by Gasteiger charge is 2.20. The third kappa shape index (κ3) is 5.87. The van der Waals surface area contributed by atoms with Crippen LogP contribution in [0.4, 0.5) is 11.4 Å². The summed E-state index contributed by atoms with van der Waals surface area (Å²) in [6.07, 6.45) is 4.39. The van der Waals surface area contributed by atoms with E-state index in [-0.39, 0.29) is 24.0 Å². The zero-order chi connectivity index (χ0) is 26.0. The van der Waals surface area contributed by atoms with Crippen molar-refractivity contribution in [1.82, 2.24) is 0 Å². The van der Waals surface area contributed by atoms with E-state index < -0.39 is 0 Å². The first-order valence-corrected chi connectivity index (χ1v) is 12.9. The maximum absolute atomic E-state index is 10.5. The Kier molecular flexibility index (Phi) is 9.45. The number of phenols is 2. The monoisotopic (exact) mass is 615 g/mol. The molecule has 0 saturated heterocycles. The van der Waals surface area contributed by atoms with Gasteiger partial charge in [-0.15, -0.1) is 0 Å². The molecule has 6 nitrogen and oxygen atoms in total. The van der Waals surface area contributed by atoms with Gasteiger partial charge in [-0.3, -0.25) is 0 Å². The normalized spacial score (nSPS) is 11.1. The highest BCUT2D eigenvalue weighted by Crippen LogP contribution is 2.33. The lowest BCUT2D eigenvalue weighted by atomic mass is 10.1. The lowest BCUT2D eigenvalue weighted by Gasteiger charge is -2.13. The zero-order valence-corrected chi connectivity index (χ0v) is 25.0. The molecule has 0 aliphatic heterocycles. The van der Waals surface area contributed by atoms with Crippen molar-refractivity contribution in [2.24, 2.45) is 14.1 Å². The number of aromatic nitrogens is 2. The predicted molar refractivity (Wildman–Crippen MR) is 148 cm³/mol. The molecule has 0 spiro atoms. The summed E-state index contributed by atoms with van der Waals surface area (Å²) in [7, 11) is 4.09. The number of aromatic hydroxyl groups is 2. The van der Waals surface area contributed by atoms with E-state index in [0.29, 0.717) is 11.5 Å². The Morgan fingerprint density at radius 2 is 1.00 bits per heavy atom. The SMILES string of the molecule is Cc1ccc(O)c2c(NCCCCCCNc3cc(C)[n+](C)c4c(C)ccc(O)c34)cc(C)[n+](C)c12.[I-]. The third-order valence-corrected chi connectivity index (χ3v) is 7.42. The molecule has 0 saturated carbocycles. The molecule has 4 rings (SSSR count). The Hall–Kier alpha value is -2.81. The molecule has 7 heteroatoms. The number of benzene rings is 2. The summed E-state index contributed by atoms with van der Waals surface area (Å²) in [4.78, 5) is 0. The Morgan fingerprint density at radius 1 is 0.622 bits per heavy atom. The highest BCUT2D eigenvalue weighted by molar-refractivity contribution is 5.97. The lowest BCUT2D eigenvalue weighted by Crippen LogP contribution is -3.00. The molecule has 4 aromatic rings. The highest BCUT2D eigenvalue weighted by atomic mass is 127. The van der Waals surface area contributed by atoms with Gasteiger partial charge in [-0.1, -0.05) is 12.8 Å². The van der Waals surface area contributed by atoms with Gasteiger partial charge in [0.25, 0.3) is 0 Å². The van der Waals surface area contributed by atoms with E-state index in [9.17, 15) is 10.2 Å². The van der Waals surface area contributed by atoms with Gasteiger partial charge < -0.3 is 44.8 Å². The number of nitrogens with one attached hydrogen (secondary N) is 2. The summed E-state index contributed by atoms with van der Waals surface area (Å²) in [5, 5.41) is 30.0. The van der Waals surface area contributed by atoms with Crippen molar-refractivity contribution in [3.63, 3.8) is 0 Å². The fourth-order valence-electron chi connectivity index (χ4n) is 5.20. The van der Waals surface area contributed by atoms with Crippen LogP contribution < -0.4 is 43.7 Å². The largest absolute Gasteiger partial charge is 1.00 e. The first-order valence-electron chi connectivity index (χ1n) is 12.9. The quantitative estimate of drug-likeness (QED) is 0.133. The van der Waals surface area contributed by atoms with Crippen molar-refractivity contribution in [1.29, 1.82) is 0 Å². The molecule has 2 aromatic carbocycles. The van der Waals surface area contributed by atoms with Crippen LogP contribution in [-0.2, 0) is 14.1 Å². The fraction of sp³-hybridized carbons (Fsp3) is 0.400. The van der Waals surface area contributed by atoms with Gasteiger partial charge >= 0.3 is 0 Å². The van der Waals surface area contributed by atoms with Crippen molar-refractivity contribution in [2.75, 3.05) is 23.7 Å². The molecule has 2 heterocycles. The summed E-state index contributed by atoms with van der Waals surface area (Å²) in [6.45, 7) is 10.1. The predicted octanol–water partition coefficient (Wildman–Crippen LogP) is 2.38. The van der Waals surface area contributed by atoms with E-state index >= 15 is 0 Å². The van der Waals surface area contributed by atoms with Crippen LogP contribution >= 0.6 is 0 Å². The summed E-state index contributed by atoms with van der Waals surface area (Å²) in [5.74, 6) is 0.636. The van der Waals surface area contributed by atoms with Crippen LogP contribution in [0.1, 0.15) is 48.2 Å². The number of aryl methyl sites for hydroxylation is 6. The summed E-state index contributed by atoms with van der Waals surface area (Å²) < 4.78 is 4.28. The number of pyridine rings is 2. The smallest absolute Gasteiger partial charge is 0.221 e. The number of phenolic OH excluding ortho intramolecular Hbond substituents is 2. The van der Waals surface area contributed by atoms with E-state index in [2.05, 4.69) is 59.6 Å². The Morgan fingerprint density at radius 3 is 1.38 bits per heavy atom. The van der Waals surface area contributed by atoms with Crippen LogP contribution in [0.25, 0.3) is 21.8 Å². The fourth-order valence-corrected chi connectivity index (χ4v) is 5.20. The summed E-state index contributed by atoms with van der Waals surface area (Å²) >= 11 is 0. The summed E-state index contributed by atoms with van der Waals surface area (Å²) in [5.41, 5.74) is 8.76. The topological polar surface area (TPSA) is 72.3 Å². The van der Waals surface area contributed by atoms with E-state index in [0.717, 1.165) is 94.5 Å². The number of nitrogens with zero attached hydrogens (tertiary/aromatic N) is 2. The number of hydrogen-bond donors (Lipinski definition) is 4. The van der Waals surface area contributed by atoms with Gasteiger partial charge in [-0.05, 0) is 51.0 Å². The van der Waals surface area contributed by atoms with Crippen molar-refractivity contribution < 1.29 is 43.3 Å². The van der Waals surface area contributed by atoms with E-state index in [1.807, 2.05) is 26.2 Å². The number of anilines is 2. The van der Waals surface area contributed by atoms with Crippen LogP contribution in [0.15, 0.2) is 36.4 Å². The molecule has 0 radical (unpaired) electrons. The standard InChI is InChI=1S/C30H38N4O2.HI/c1-19-11-13-25(35)27-23(17-21(3)33(5)29(19)27)31-15-9-7-8-10-16-32-24-18-22(4)34(6)30-20(2)12-14-26(36)28(24)30;/h11-14,17-18H,7-10,15-16H2,1-6H3,(H2,31,32,35,36);1H/p+1. The average Bonchev–Trinajstić information content (AvgIpc) is 2.84. The number of hydrogen-bond acceptors (Lipinski definition) is 4. The molecule has 0 aliphatic carbocycles. The van der Waals surface area contributed by atoms with Crippen LogP contribution in [0.2, 0.25) is 0 Å². The molecular formula is C30H40IN4O2+. The van der Waals surface area contributed by atoms with E-state index in [1.165, 1.54) is 0 Å². The second-order valence-electron chi connectivity index (χ2n) is 10.0. The molecule has 0 amide bonds. The minimum absolute atomic E-state index is 0. The number of fused-ring (bicyclic) bond motifs is 2. The van der Waals surface area contributed by atoms with Crippen molar-refractivity contribution in [3.05, 3.63) is 58.9 Å². The van der Waals surface area contributed by atoms with Crippen LogP contribution in [0, 0.1) is 27.7 Å². The molecule has 2 aromatic heterocycles. The molecule has 37 heavy (non-hydrogen) atoms. The van der Waals surface area contributed by atoms with Gasteiger partial charge in [-0.25, -0.2) is 0 Å². The number of rotatable bonds is 9. The Bertz CT molecular complexity index is 1330. The molecule has 0 unspecified atom stereocenters. The summed E-state index contributed by atoms with van der Waals surface area (Å²) in [6, 6.07) is 11.7. The molecule has 0 aliphatic rings. The zero-order valence-electron chi connectivity index (χ0n) is 22.9. The molecule has 0 bridgehead atoms. The van der Waals surface area contributed by atoms with Gasteiger partial charge in [0, 0.05) is 50.2 Å². The van der Waals surface area contributed by atoms with Crippen molar-refractivity contribution in [3.8, 4) is 11.5 Å². The minimum Gasteiger partial charge on any atom is -1.00 e. The second-order valence-corrected chi connectivity index (χ2v) is 10.0. The van der Waals surface area contributed by atoms with Crippen molar-refractivity contribution in [2.45, 2.75) is 53.4 Å². The molecule has 198 valence electrons. The Labute approximate surface area is 237 Å². The first kappa shape index (κ1) is 28.8. The Balaban J connectivity index is 0.00000380. The molecule has 0 fully saturated rings. The lowest BCUT2D eigenvalue weighted by molar-refractivity contribution is -0.651. The molecule has 4 N–H and O–H groups in total.